The minimum Gasteiger partial charge on any atom is -0.476 e. The summed E-state index contributed by atoms with van der Waals surface area (Å²) in [6, 6.07) is 5.99. The highest BCUT2D eigenvalue weighted by atomic mass is 79.9. The normalized spacial score (nSPS) is 17.6. The number of aromatic carboxylic acids is 1. The number of nitrogens with zero attached hydrogens (tertiary/aromatic N) is 2. The first kappa shape index (κ1) is 14.3. The van der Waals surface area contributed by atoms with Gasteiger partial charge in [-0.05, 0) is 49.8 Å². The number of aromatic nitrogens is 2. The largest absolute Gasteiger partial charge is 0.476 e. The molecule has 1 aromatic carbocycles. The summed E-state index contributed by atoms with van der Waals surface area (Å²) in [5, 5.41) is 13.8. The van der Waals surface area contributed by atoms with Gasteiger partial charge in [0.05, 0.1) is 5.69 Å². The number of carboxylic acid groups (broad SMARTS) is 1. The molecule has 2 aromatic rings. The van der Waals surface area contributed by atoms with Crippen LogP contribution < -0.4 is 0 Å². The minimum atomic E-state index is -0.940. The van der Waals surface area contributed by atoms with Crippen molar-refractivity contribution in [2.45, 2.75) is 33.1 Å². The first-order chi connectivity index (χ1) is 9.97. The molecule has 1 unspecified atom stereocenters. The van der Waals surface area contributed by atoms with E-state index < -0.39 is 5.97 Å². The summed E-state index contributed by atoms with van der Waals surface area (Å²) in [6.45, 7) is 4.19. The number of aryl methyl sites for hydroxylation is 1. The number of benzene rings is 1. The van der Waals surface area contributed by atoms with E-state index in [-0.39, 0.29) is 5.69 Å². The van der Waals surface area contributed by atoms with Crippen LogP contribution in [0, 0.1) is 12.8 Å². The maximum absolute atomic E-state index is 11.5. The molecule has 0 amide bonds. The summed E-state index contributed by atoms with van der Waals surface area (Å²) < 4.78 is 2.81. The third-order valence-corrected chi connectivity index (χ3v) is 4.97. The van der Waals surface area contributed by atoms with Gasteiger partial charge in [-0.1, -0.05) is 28.9 Å². The van der Waals surface area contributed by atoms with Gasteiger partial charge in [-0.2, -0.15) is 5.10 Å². The van der Waals surface area contributed by atoms with Crippen LogP contribution in [0.1, 0.15) is 40.7 Å². The van der Waals surface area contributed by atoms with Crippen LogP contribution in [0.5, 0.6) is 0 Å². The Hall–Kier alpha value is -1.62. The fourth-order valence-electron chi connectivity index (χ4n) is 2.89. The molecule has 1 aliphatic carbocycles. The van der Waals surface area contributed by atoms with E-state index in [1.54, 1.807) is 4.68 Å². The van der Waals surface area contributed by atoms with E-state index in [1.807, 2.05) is 25.1 Å². The van der Waals surface area contributed by atoms with E-state index in [0.717, 1.165) is 46.2 Å². The van der Waals surface area contributed by atoms with Gasteiger partial charge in [0.1, 0.15) is 0 Å². The van der Waals surface area contributed by atoms with Crippen molar-refractivity contribution in [1.29, 1.82) is 0 Å². The highest BCUT2D eigenvalue weighted by Crippen LogP contribution is 2.31. The summed E-state index contributed by atoms with van der Waals surface area (Å²) in [6.07, 6.45) is 2.75. The molecule has 0 saturated carbocycles. The lowest BCUT2D eigenvalue weighted by molar-refractivity contribution is 0.0688. The fourth-order valence-corrected chi connectivity index (χ4v) is 3.26. The smallest absolute Gasteiger partial charge is 0.356 e. The van der Waals surface area contributed by atoms with Gasteiger partial charge < -0.3 is 5.11 Å². The van der Waals surface area contributed by atoms with Crippen molar-refractivity contribution in [3.63, 3.8) is 0 Å². The number of hydrogen-bond donors (Lipinski definition) is 1. The molecule has 0 bridgehead atoms. The molecule has 110 valence electrons. The molecule has 0 fully saturated rings. The van der Waals surface area contributed by atoms with E-state index in [4.69, 9.17) is 0 Å². The molecule has 1 N–H and O–H groups in total. The fraction of sp³-hybridized carbons (Fsp3) is 0.375. The Morgan fingerprint density at radius 1 is 1.48 bits per heavy atom. The van der Waals surface area contributed by atoms with Gasteiger partial charge in [0.25, 0.3) is 0 Å². The average molecular weight is 349 g/mol. The second-order valence-corrected chi connectivity index (χ2v) is 6.63. The first-order valence-electron chi connectivity index (χ1n) is 7.08. The molecule has 0 saturated heterocycles. The number of rotatable bonds is 2. The molecule has 1 aliphatic rings. The predicted octanol–water partition coefficient (Wildman–Crippen LogP) is 3.77. The average Bonchev–Trinajstić information content (AvgIpc) is 2.80. The van der Waals surface area contributed by atoms with Crippen molar-refractivity contribution >= 4 is 21.9 Å². The molecular weight excluding hydrogens is 332 g/mol. The van der Waals surface area contributed by atoms with Gasteiger partial charge in [-0.25, -0.2) is 9.48 Å². The zero-order valence-corrected chi connectivity index (χ0v) is 13.6. The summed E-state index contributed by atoms with van der Waals surface area (Å²) >= 11 is 3.53. The molecule has 1 aromatic heterocycles. The number of hydrogen-bond acceptors (Lipinski definition) is 2. The zero-order valence-electron chi connectivity index (χ0n) is 12.1. The van der Waals surface area contributed by atoms with Crippen LogP contribution in [-0.4, -0.2) is 20.9 Å². The first-order valence-corrected chi connectivity index (χ1v) is 7.87. The van der Waals surface area contributed by atoms with Crippen molar-refractivity contribution < 1.29 is 9.90 Å². The van der Waals surface area contributed by atoms with Crippen LogP contribution in [-0.2, 0) is 12.8 Å². The lowest BCUT2D eigenvalue weighted by atomic mass is 9.87. The Kier molecular flexibility index (Phi) is 3.61. The molecule has 5 heteroatoms. The van der Waals surface area contributed by atoms with E-state index in [0.29, 0.717) is 5.92 Å². The second kappa shape index (κ2) is 5.30. The highest BCUT2D eigenvalue weighted by molar-refractivity contribution is 9.10. The van der Waals surface area contributed by atoms with E-state index >= 15 is 0 Å². The number of carbonyl (C=O) groups is 1. The van der Waals surface area contributed by atoms with E-state index in [9.17, 15) is 9.90 Å². The number of carboxylic acids is 1. The van der Waals surface area contributed by atoms with Crippen LogP contribution in [0.25, 0.3) is 5.69 Å². The summed E-state index contributed by atoms with van der Waals surface area (Å²) in [5.74, 6) is -0.428. The Bertz CT molecular complexity index is 721. The Labute approximate surface area is 131 Å². The van der Waals surface area contributed by atoms with E-state index in [2.05, 4.69) is 28.0 Å². The quantitative estimate of drug-likeness (QED) is 0.898. The second-order valence-electron chi connectivity index (χ2n) is 5.77. The molecule has 0 spiro atoms. The predicted molar refractivity (Wildman–Crippen MR) is 84.1 cm³/mol. The van der Waals surface area contributed by atoms with Crippen LogP contribution in [0.15, 0.2) is 22.7 Å². The molecule has 3 rings (SSSR count). The number of halogens is 1. The number of fused-ring (bicyclic) bond motifs is 1. The van der Waals surface area contributed by atoms with Crippen LogP contribution in [0.4, 0.5) is 0 Å². The van der Waals surface area contributed by atoms with Gasteiger partial charge in [-0.3, -0.25) is 0 Å². The van der Waals surface area contributed by atoms with Gasteiger partial charge in [0.15, 0.2) is 5.69 Å². The van der Waals surface area contributed by atoms with Crippen molar-refractivity contribution in [1.82, 2.24) is 9.78 Å². The van der Waals surface area contributed by atoms with Crippen LogP contribution >= 0.6 is 15.9 Å². The molecule has 1 atom stereocenters. The van der Waals surface area contributed by atoms with E-state index in [1.165, 1.54) is 0 Å². The lowest BCUT2D eigenvalue weighted by Crippen LogP contribution is -2.14. The maximum Gasteiger partial charge on any atom is 0.356 e. The standard InChI is InChI=1S/C16H17BrN2O2/c1-9-3-6-14-12(7-9)15(16(20)21)18-19(14)11-5-4-10(2)13(17)8-11/h4-5,8-9H,3,6-7H2,1-2H3,(H,20,21). The maximum atomic E-state index is 11.5. The zero-order chi connectivity index (χ0) is 15.1. The van der Waals surface area contributed by atoms with Gasteiger partial charge in [0, 0.05) is 15.7 Å². The Morgan fingerprint density at radius 3 is 2.90 bits per heavy atom. The molecule has 0 aliphatic heterocycles. The van der Waals surface area contributed by atoms with Crippen molar-refractivity contribution in [3.8, 4) is 5.69 Å². The van der Waals surface area contributed by atoms with Gasteiger partial charge >= 0.3 is 5.97 Å². The van der Waals surface area contributed by atoms with Gasteiger partial charge in [-0.15, -0.1) is 0 Å². The molecular formula is C16H17BrN2O2. The summed E-state index contributed by atoms with van der Waals surface area (Å²) in [5.41, 5.74) is 4.20. The van der Waals surface area contributed by atoms with Crippen molar-refractivity contribution in [3.05, 3.63) is 45.2 Å². The lowest BCUT2D eigenvalue weighted by Gasteiger charge is -2.19. The van der Waals surface area contributed by atoms with Crippen molar-refractivity contribution in [2.24, 2.45) is 5.92 Å². The van der Waals surface area contributed by atoms with Crippen LogP contribution in [0.3, 0.4) is 0 Å². The van der Waals surface area contributed by atoms with Crippen molar-refractivity contribution in [2.75, 3.05) is 0 Å². The molecule has 21 heavy (non-hydrogen) atoms. The third kappa shape index (κ3) is 2.50. The minimum absolute atomic E-state index is 0.202. The summed E-state index contributed by atoms with van der Waals surface area (Å²) in [7, 11) is 0. The highest BCUT2D eigenvalue weighted by Gasteiger charge is 2.27. The Balaban J connectivity index is 2.17. The Morgan fingerprint density at radius 2 is 2.24 bits per heavy atom. The molecule has 0 radical (unpaired) electrons. The summed E-state index contributed by atoms with van der Waals surface area (Å²) in [4.78, 5) is 11.5. The molecule has 4 nitrogen and oxygen atoms in total. The topological polar surface area (TPSA) is 55.1 Å². The monoisotopic (exact) mass is 348 g/mol. The molecule has 1 heterocycles. The SMILES string of the molecule is Cc1ccc(-n2nc(C(=O)O)c3c2CCC(C)C3)cc1Br. The van der Waals surface area contributed by atoms with Gasteiger partial charge in [0.2, 0.25) is 0 Å². The third-order valence-electron chi connectivity index (χ3n) is 4.12. The van der Waals surface area contributed by atoms with Crippen LogP contribution in [0.2, 0.25) is 0 Å².